The number of benzene rings is 1. The lowest BCUT2D eigenvalue weighted by Crippen LogP contribution is -2.48. The summed E-state index contributed by atoms with van der Waals surface area (Å²) in [5.74, 6) is -3.02. The predicted octanol–water partition coefficient (Wildman–Crippen LogP) is 2.71. The Morgan fingerprint density at radius 3 is 2.52 bits per heavy atom. The lowest BCUT2D eigenvalue weighted by molar-refractivity contribution is 0.212. The number of hydrogen-bond acceptors (Lipinski definition) is 5. The van der Waals surface area contributed by atoms with E-state index in [4.69, 9.17) is 5.73 Å². The van der Waals surface area contributed by atoms with E-state index in [2.05, 4.69) is 4.90 Å². The summed E-state index contributed by atoms with van der Waals surface area (Å²) >= 11 is 0. The Hall–Kier alpha value is -3.21. The van der Waals surface area contributed by atoms with Gasteiger partial charge >= 0.3 is 0 Å². The van der Waals surface area contributed by atoms with Crippen molar-refractivity contribution in [3.8, 4) is 18.2 Å². The first-order chi connectivity index (χ1) is 12.9. The summed E-state index contributed by atoms with van der Waals surface area (Å²) in [6, 6.07) is 8.98. The molecule has 2 atom stereocenters. The third-order valence-corrected chi connectivity index (χ3v) is 5.48. The largest absolute Gasteiger partial charge is 0.399 e. The maximum Gasteiger partial charge on any atom is 0.191 e. The number of nitrogens with two attached hydrogens (primary N) is 1. The van der Waals surface area contributed by atoms with Crippen LogP contribution in [0.15, 0.2) is 41.1 Å². The fourth-order valence-corrected chi connectivity index (χ4v) is 4.10. The summed E-state index contributed by atoms with van der Waals surface area (Å²) in [6.07, 6.45) is 1.84. The summed E-state index contributed by atoms with van der Waals surface area (Å²) in [4.78, 5) is 2.07. The molecule has 3 rings (SSSR count). The van der Waals surface area contributed by atoms with Crippen LogP contribution >= 0.6 is 0 Å². The first kappa shape index (κ1) is 18.6. The molecular weight excluding hydrogens is 348 g/mol. The zero-order valence-electron chi connectivity index (χ0n) is 14.7. The zero-order chi connectivity index (χ0) is 19.8. The van der Waals surface area contributed by atoms with Gasteiger partial charge in [0.25, 0.3) is 0 Å². The average Bonchev–Trinajstić information content (AvgIpc) is 2.67. The maximum absolute atomic E-state index is 14.7. The molecule has 0 bridgehead atoms. The van der Waals surface area contributed by atoms with Crippen molar-refractivity contribution in [2.75, 3.05) is 19.6 Å². The first-order valence-corrected chi connectivity index (χ1v) is 8.54. The van der Waals surface area contributed by atoms with E-state index in [0.717, 1.165) is 12.1 Å². The van der Waals surface area contributed by atoms with E-state index in [1.54, 1.807) is 0 Å². The first-order valence-electron chi connectivity index (χ1n) is 8.54. The molecule has 0 radical (unpaired) electrons. The van der Waals surface area contributed by atoms with E-state index >= 15 is 0 Å². The third-order valence-electron chi connectivity index (χ3n) is 5.48. The van der Waals surface area contributed by atoms with Crippen molar-refractivity contribution in [1.29, 1.82) is 15.8 Å². The van der Waals surface area contributed by atoms with Crippen molar-refractivity contribution in [1.82, 2.24) is 4.90 Å². The molecule has 1 aromatic carbocycles. The van der Waals surface area contributed by atoms with E-state index in [1.165, 1.54) is 6.07 Å². The van der Waals surface area contributed by atoms with Gasteiger partial charge < -0.3 is 5.73 Å². The van der Waals surface area contributed by atoms with Crippen molar-refractivity contribution in [2.24, 2.45) is 17.1 Å². The molecule has 1 aliphatic heterocycles. The van der Waals surface area contributed by atoms with E-state index in [9.17, 15) is 24.6 Å². The van der Waals surface area contributed by atoms with Crippen molar-refractivity contribution < 1.29 is 8.78 Å². The van der Waals surface area contributed by atoms with Crippen LogP contribution in [0.4, 0.5) is 8.78 Å². The quantitative estimate of drug-likeness (QED) is 0.868. The highest BCUT2D eigenvalue weighted by atomic mass is 19.1. The monoisotopic (exact) mass is 365 g/mol. The van der Waals surface area contributed by atoms with Gasteiger partial charge in [0.05, 0.1) is 23.4 Å². The van der Waals surface area contributed by atoms with Gasteiger partial charge in [-0.1, -0.05) is 19.1 Å². The Morgan fingerprint density at radius 2 is 1.96 bits per heavy atom. The molecule has 2 aliphatic rings. The van der Waals surface area contributed by atoms with E-state index in [1.807, 2.05) is 31.2 Å². The summed E-state index contributed by atoms with van der Waals surface area (Å²) in [5.41, 5.74) is 4.83. The second kappa shape index (κ2) is 6.83. The Bertz CT molecular complexity index is 960. The summed E-state index contributed by atoms with van der Waals surface area (Å²) in [6.45, 7) is 3.71. The van der Waals surface area contributed by atoms with Crippen LogP contribution in [0.5, 0.6) is 0 Å². The summed E-state index contributed by atoms with van der Waals surface area (Å²) in [7, 11) is 0. The van der Waals surface area contributed by atoms with Gasteiger partial charge in [-0.25, -0.2) is 8.78 Å². The summed E-state index contributed by atoms with van der Waals surface area (Å²) in [5, 5.41) is 29.4. The van der Waals surface area contributed by atoms with Gasteiger partial charge in [-0.3, -0.25) is 4.90 Å². The van der Waals surface area contributed by atoms with Crippen LogP contribution in [-0.4, -0.2) is 24.5 Å². The fourth-order valence-electron chi connectivity index (χ4n) is 4.10. The molecular formula is C20H17F2N5. The average molecular weight is 365 g/mol. The number of halogens is 2. The molecule has 0 amide bonds. The minimum Gasteiger partial charge on any atom is -0.399 e. The molecule has 0 saturated heterocycles. The lowest BCUT2D eigenvalue weighted by atomic mass is 9.58. The number of fused-ring (bicyclic) bond motifs is 1. The Balaban J connectivity index is 2.34. The normalized spacial score (nSPS) is 24.2. The van der Waals surface area contributed by atoms with Crippen LogP contribution in [-0.2, 0) is 0 Å². The van der Waals surface area contributed by atoms with Crippen LogP contribution in [0.2, 0.25) is 0 Å². The van der Waals surface area contributed by atoms with Crippen molar-refractivity contribution in [3.05, 3.63) is 58.3 Å². The molecule has 0 spiro atoms. The molecule has 0 saturated carbocycles. The lowest BCUT2D eigenvalue weighted by Gasteiger charge is -2.45. The van der Waals surface area contributed by atoms with Crippen molar-refractivity contribution in [2.45, 2.75) is 12.8 Å². The highest BCUT2D eigenvalue weighted by Gasteiger charge is 2.55. The summed E-state index contributed by atoms with van der Waals surface area (Å²) < 4.78 is 28.1. The van der Waals surface area contributed by atoms with Gasteiger partial charge in [-0.05, 0) is 23.7 Å². The number of hydrogen-bond donors (Lipinski definition) is 1. The predicted molar refractivity (Wildman–Crippen MR) is 93.3 cm³/mol. The van der Waals surface area contributed by atoms with Gasteiger partial charge in [0.2, 0.25) is 0 Å². The highest BCUT2D eigenvalue weighted by molar-refractivity contribution is 5.59. The van der Waals surface area contributed by atoms with Crippen LogP contribution in [0.25, 0.3) is 0 Å². The molecule has 5 nitrogen and oxygen atoms in total. The number of nitriles is 3. The molecule has 0 fully saturated rings. The topological polar surface area (TPSA) is 101 Å². The molecule has 27 heavy (non-hydrogen) atoms. The van der Waals surface area contributed by atoms with E-state index in [-0.39, 0.29) is 16.8 Å². The smallest absolute Gasteiger partial charge is 0.191 e. The van der Waals surface area contributed by atoms with E-state index < -0.39 is 28.9 Å². The molecule has 1 aromatic rings. The van der Waals surface area contributed by atoms with Gasteiger partial charge in [0, 0.05) is 31.0 Å². The number of rotatable bonds is 2. The van der Waals surface area contributed by atoms with Gasteiger partial charge in [-0.15, -0.1) is 0 Å². The minimum atomic E-state index is -1.91. The maximum atomic E-state index is 14.7. The molecule has 136 valence electrons. The Morgan fingerprint density at radius 1 is 1.26 bits per heavy atom. The molecule has 1 aliphatic carbocycles. The number of likely N-dealkylation sites (N-methyl/N-ethyl adjacent to an activating group) is 1. The minimum absolute atomic E-state index is 0.0493. The van der Waals surface area contributed by atoms with Gasteiger partial charge in [-0.2, -0.15) is 15.8 Å². The van der Waals surface area contributed by atoms with Crippen LogP contribution in [0.1, 0.15) is 18.4 Å². The third kappa shape index (κ3) is 2.67. The van der Waals surface area contributed by atoms with Crippen LogP contribution in [0.3, 0.4) is 0 Å². The number of allylic oxidation sites excluding steroid dienone is 2. The van der Waals surface area contributed by atoms with E-state index in [0.29, 0.717) is 25.2 Å². The van der Waals surface area contributed by atoms with Gasteiger partial charge in [0.15, 0.2) is 5.41 Å². The second-order valence-electron chi connectivity index (χ2n) is 6.69. The molecule has 2 N–H and O–H groups in total. The highest BCUT2D eigenvalue weighted by Crippen LogP contribution is 2.54. The fraction of sp³-hybridized carbons (Fsp3) is 0.350. The van der Waals surface area contributed by atoms with Crippen LogP contribution in [0, 0.1) is 57.0 Å². The standard InChI is InChI=1S/C20H17F2N5/c1-2-27-6-5-13-15(8-23)19(26)20(10-24,11-25)18(16(13)9-27)14-4-3-12(21)7-17(14)22/h3-5,7,16,18H,2,6,9,26H2,1H3/t16-,18+/m1/s1. The van der Waals surface area contributed by atoms with Gasteiger partial charge in [0.1, 0.15) is 17.7 Å². The second-order valence-corrected chi connectivity index (χ2v) is 6.69. The van der Waals surface area contributed by atoms with Crippen LogP contribution < -0.4 is 5.73 Å². The van der Waals surface area contributed by atoms with Crippen molar-refractivity contribution in [3.63, 3.8) is 0 Å². The molecule has 7 heteroatoms. The Labute approximate surface area is 156 Å². The molecule has 0 unspecified atom stereocenters. The molecule has 0 aromatic heterocycles. The molecule has 1 heterocycles. The number of nitrogens with zero attached hydrogens (tertiary/aromatic N) is 4. The zero-order valence-corrected chi connectivity index (χ0v) is 14.7. The van der Waals surface area contributed by atoms with Crippen molar-refractivity contribution >= 4 is 0 Å². The Kier molecular flexibility index (Phi) is 4.70. The SMILES string of the molecule is CCN1CC=C2C(C#N)=C(N)C(C#N)(C#N)[C@@H](c3ccc(F)cc3F)[C@@H]2C1.